The summed E-state index contributed by atoms with van der Waals surface area (Å²) in [6.45, 7) is 1.92. The molecule has 3 aromatic rings. The van der Waals surface area contributed by atoms with E-state index >= 15 is 0 Å². The van der Waals surface area contributed by atoms with Gasteiger partial charge in [-0.25, -0.2) is 4.79 Å². The Hall–Kier alpha value is -3.40. The minimum atomic E-state index is -0.327. The van der Waals surface area contributed by atoms with E-state index in [0.29, 0.717) is 6.42 Å². The van der Waals surface area contributed by atoms with E-state index in [1.165, 1.54) is 0 Å². The molecule has 4 rings (SSSR count). The maximum absolute atomic E-state index is 13.5. The lowest BCUT2D eigenvalue weighted by Crippen LogP contribution is -2.49. The second-order valence-corrected chi connectivity index (χ2v) is 7.44. The number of nitrogens with zero attached hydrogens (tertiary/aromatic N) is 1. The number of amides is 2. The number of para-hydroxylation sites is 1. The van der Waals surface area contributed by atoms with Gasteiger partial charge in [0.2, 0.25) is 0 Å². The Morgan fingerprint density at radius 2 is 1.34 bits per heavy atom. The fourth-order valence-electron chi connectivity index (χ4n) is 4.12. The number of rotatable bonds is 3. The molecule has 1 heterocycles. The second kappa shape index (κ2) is 8.31. The van der Waals surface area contributed by atoms with Crippen LogP contribution < -0.4 is 5.32 Å². The van der Waals surface area contributed by atoms with Gasteiger partial charge in [0.15, 0.2) is 0 Å². The smallest absolute Gasteiger partial charge is 0.309 e. The van der Waals surface area contributed by atoms with Crippen molar-refractivity contribution in [3.63, 3.8) is 0 Å². The largest absolute Gasteiger partial charge is 0.322 e. The topological polar surface area (TPSA) is 49.4 Å². The molecule has 0 radical (unpaired) electrons. The number of hydrogen-bond donors (Lipinski definition) is 1. The number of anilines is 1. The number of nitrogens with one attached hydrogen (secondary N) is 1. The minimum Gasteiger partial charge on any atom is -0.309 e. The zero-order valence-electron chi connectivity index (χ0n) is 16.4. The maximum atomic E-state index is 13.5. The van der Waals surface area contributed by atoms with Crippen LogP contribution in [0.15, 0.2) is 91.0 Å². The van der Waals surface area contributed by atoms with Crippen LogP contribution in [0, 0.1) is 5.92 Å². The van der Waals surface area contributed by atoms with Crippen molar-refractivity contribution in [1.82, 2.24) is 4.90 Å². The highest BCUT2D eigenvalue weighted by molar-refractivity contribution is 5.93. The molecule has 4 nitrogen and oxygen atoms in total. The molecule has 0 spiro atoms. The standard InChI is InChI=1S/C25H24N2O2/c1-18-23(28)17-22(19-11-5-2-6-12-19)27(24(18)20-13-7-3-8-14-20)25(29)26-21-15-9-4-10-16-21/h2-16,18,22,24H,17H2,1H3,(H,26,29)/t18-,22-,24-/m0/s1. The van der Waals surface area contributed by atoms with E-state index in [0.717, 1.165) is 16.8 Å². The Morgan fingerprint density at radius 1 is 0.828 bits per heavy atom. The summed E-state index contributed by atoms with van der Waals surface area (Å²) in [5.41, 5.74) is 2.68. The van der Waals surface area contributed by atoms with E-state index in [1.54, 1.807) is 0 Å². The van der Waals surface area contributed by atoms with Crippen LogP contribution in [0.25, 0.3) is 0 Å². The first-order valence-electron chi connectivity index (χ1n) is 9.92. The molecule has 1 aliphatic heterocycles. The summed E-state index contributed by atoms with van der Waals surface area (Å²) < 4.78 is 0. The number of ketones is 1. The lowest BCUT2D eigenvalue weighted by Gasteiger charge is -2.45. The summed E-state index contributed by atoms with van der Waals surface area (Å²) in [5.74, 6) is -0.102. The normalized spacial score (nSPS) is 21.6. The number of likely N-dealkylation sites (tertiary alicyclic amines) is 1. The summed E-state index contributed by atoms with van der Waals surface area (Å²) in [6.07, 6.45) is 0.316. The summed E-state index contributed by atoms with van der Waals surface area (Å²) in [4.78, 5) is 28.3. The first-order chi connectivity index (χ1) is 14.1. The number of hydrogen-bond acceptors (Lipinski definition) is 2. The van der Waals surface area contributed by atoms with E-state index in [-0.39, 0.29) is 29.8 Å². The quantitative estimate of drug-likeness (QED) is 0.638. The molecule has 2 amide bonds. The fourth-order valence-corrected chi connectivity index (χ4v) is 4.12. The molecule has 3 atom stereocenters. The van der Waals surface area contributed by atoms with E-state index in [9.17, 15) is 9.59 Å². The number of piperidine rings is 1. The highest BCUT2D eigenvalue weighted by Crippen LogP contribution is 2.43. The van der Waals surface area contributed by atoms with Gasteiger partial charge in [-0.2, -0.15) is 0 Å². The van der Waals surface area contributed by atoms with Crippen molar-refractivity contribution in [2.75, 3.05) is 5.32 Å². The van der Waals surface area contributed by atoms with Crippen LogP contribution in [0.2, 0.25) is 0 Å². The molecular formula is C25H24N2O2. The highest BCUT2D eigenvalue weighted by Gasteiger charge is 2.43. The third kappa shape index (κ3) is 3.92. The summed E-state index contributed by atoms with van der Waals surface area (Å²) in [7, 11) is 0. The molecule has 1 N–H and O–H groups in total. The molecule has 0 saturated carbocycles. The van der Waals surface area contributed by atoms with E-state index < -0.39 is 0 Å². The molecular weight excluding hydrogens is 360 g/mol. The van der Waals surface area contributed by atoms with Crippen LogP contribution in [0.1, 0.15) is 36.6 Å². The summed E-state index contributed by atoms with van der Waals surface area (Å²) in [6, 6.07) is 28.2. The summed E-state index contributed by atoms with van der Waals surface area (Å²) in [5, 5.41) is 3.02. The molecule has 29 heavy (non-hydrogen) atoms. The van der Waals surface area contributed by atoms with Crippen molar-refractivity contribution in [1.29, 1.82) is 0 Å². The molecule has 0 aliphatic carbocycles. The Labute approximate surface area is 171 Å². The predicted octanol–water partition coefficient (Wildman–Crippen LogP) is 5.61. The van der Waals surface area contributed by atoms with Crippen molar-refractivity contribution in [2.24, 2.45) is 5.92 Å². The van der Waals surface area contributed by atoms with Crippen molar-refractivity contribution in [3.8, 4) is 0 Å². The lowest BCUT2D eigenvalue weighted by atomic mass is 9.80. The van der Waals surface area contributed by atoms with E-state index in [1.807, 2.05) is 103 Å². The molecule has 1 fully saturated rings. The predicted molar refractivity (Wildman–Crippen MR) is 114 cm³/mol. The highest BCUT2D eigenvalue weighted by atomic mass is 16.2. The summed E-state index contributed by atoms with van der Waals surface area (Å²) >= 11 is 0. The van der Waals surface area contributed by atoms with Crippen molar-refractivity contribution in [3.05, 3.63) is 102 Å². The molecule has 146 valence electrons. The maximum Gasteiger partial charge on any atom is 0.322 e. The first kappa shape index (κ1) is 18.9. The zero-order chi connectivity index (χ0) is 20.2. The van der Waals surface area contributed by atoms with Gasteiger partial charge in [0.25, 0.3) is 0 Å². The van der Waals surface area contributed by atoms with Crippen molar-refractivity contribution in [2.45, 2.75) is 25.4 Å². The minimum absolute atomic E-state index is 0.177. The van der Waals surface area contributed by atoms with Gasteiger partial charge in [-0.3, -0.25) is 4.79 Å². The van der Waals surface area contributed by atoms with Gasteiger partial charge in [-0.05, 0) is 23.3 Å². The zero-order valence-corrected chi connectivity index (χ0v) is 16.4. The molecule has 0 unspecified atom stereocenters. The third-order valence-electron chi connectivity index (χ3n) is 5.60. The number of carbonyl (C=O) groups is 2. The van der Waals surface area contributed by atoms with E-state index in [4.69, 9.17) is 0 Å². The van der Waals surface area contributed by atoms with Gasteiger partial charge in [-0.1, -0.05) is 85.8 Å². The number of Topliss-reactive ketones (excluding diaryl/α,β-unsaturated/α-hetero) is 1. The van der Waals surface area contributed by atoms with Crippen LogP contribution >= 0.6 is 0 Å². The second-order valence-electron chi connectivity index (χ2n) is 7.44. The van der Waals surface area contributed by atoms with Crippen LogP contribution in [-0.4, -0.2) is 16.7 Å². The average molecular weight is 384 g/mol. The SMILES string of the molecule is C[C@H]1C(=O)C[C@@H](c2ccccc2)N(C(=O)Nc2ccccc2)[C@@H]1c1ccccc1. The molecule has 0 bridgehead atoms. The van der Waals surface area contributed by atoms with Gasteiger partial charge in [0, 0.05) is 18.0 Å². The molecule has 1 saturated heterocycles. The van der Waals surface area contributed by atoms with Crippen LogP contribution in [-0.2, 0) is 4.79 Å². The fraction of sp³-hybridized carbons (Fsp3) is 0.200. The number of urea groups is 1. The van der Waals surface area contributed by atoms with Crippen LogP contribution in [0.5, 0.6) is 0 Å². The third-order valence-corrected chi connectivity index (χ3v) is 5.60. The molecule has 1 aliphatic rings. The van der Waals surface area contributed by atoms with Gasteiger partial charge in [-0.15, -0.1) is 0 Å². The van der Waals surface area contributed by atoms with Gasteiger partial charge < -0.3 is 10.2 Å². The molecule has 0 aromatic heterocycles. The molecule has 3 aromatic carbocycles. The molecule has 4 heteroatoms. The average Bonchev–Trinajstić information content (AvgIpc) is 2.77. The van der Waals surface area contributed by atoms with Crippen LogP contribution in [0.4, 0.5) is 10.5 Å². The number of benzene rings is 3. The van der Waals surface area contributed by atoms with Crippen LogP contribution in [0.3, 0.4) is 0 Å². The van der Waals surface area contributed by atoms with Gasteiger partial charge in [0.05, 0.1) is 12.1 Å². The Balaban J connectivity index is 1.77. The van der Waals surface area contributed by atoms with Crippen molar-refractivity contribution >= 4 is 17.5 Å². The Bertz CT molecular complexity index is 973. The Morgan fingerprint density at radius 3 is 1.93 bits per heavy atom. The van der Waals surface area contributed by atoms with Gasteiger partial charge >= 0.3 is 6.03 Å². The number of carbonyl (C=O) groups excluding carboxylic acids is 2. The van der Waals surface area contributed by atoms with E-state index in [2.05, 4.69) is 5.32 Å². The van der Waals surface area contributed by atoms with Crippen molar-refractivity contribution < 1.29 is 9.59 Å². The van der Waals surface area contributed by atoms with Gasteiger partial charge in [0.1, 0.15) is 5.78 Å². The lowest BCUT2D eigenvalue weighted by molar-refractivity contribution is -0.129. The first-order valence-corrected chi connectivity index (χ1v) is 9.92. The monoisotopic (exact) mass is 384 g/mol. The Kier molecular flexibility index (Phi) is 5.43.